The molecule has 0 aromatic rings. The highest BCUT2D eigenvalue weighted by Gasteiger charge is 2.04. The molecule has 1 atom stereocenters. The maximum Gasteiger partial charge on any atom is 0.305 e. The predicted molar refractivity (Wildman–Crippen MR) is 102 cm³/mol. The van der Waals surface area contributed by atoms with Crippen LogP contribution < -0.4 is 0 Å². The van der Waals surface area contributed by atoms with Gasteiger partial charge in [-0.1, -0.05) is 63.3 Å². The Morgan fingerprint density at radius 2 is 1.50 bits per heavy atom. The fourth-order valence-corrected chi connectivity index (χ4v) is 2.37. The third-order valence-corrected chi connectivity index (χ3v) is 3.82. The van der Waals surface area contributed by atoms with E-state index in [0.717, 1.165) is 25.7 Å². The Morgan fingerprint density at radius 3 is 2.12 bits per heavy atom. The number of ether oxygens (including phenoxy) is 1. The molecule has 0 amide bonds. The zero-order valence-electron chi connectivity index (χ0n) is 15.8. The second-order valence-corrected chi connectivity index (χ2v) is 6.51. The molecule has 3 heteroatoms. The average molecular weight is 339 g/mol. The quantitative estimate of drug-likeness (QED) is 0.222. The minimum Gasteiger partial charge on any atom is -0.463 e. The van der Waals surface area contributed by atoms with E-state index in [9.17, 15) is 4.79 Å². The fourth-order valence-electron chi connectivity index (χ4n) is 2.37. The standard InChI is InChI=1S/C21H38O3/c1-3-4-5-6-7-8-9-10-11-12-13-14-15-16-17-18-21(23)24-19-20(2)22/h7-8,10-11,20,22H,3-6,9,12-19H2,1-2H3. The molecule has 24 heavy (non-hydrogen) atoms. The molecule has 0 spiro atoms. The minimum atomic E-state index is -0.571. The van der Waals surface area contributed by atoms with Crippen molar-refractivity contribution in [3.05, 3.63) is 24.3 Å². The van der Waals surface area contributed by atoms with Crippen molar-refractivity contribution in [2.75, 3.05) is 6.61 Å². The molecule has 140 valence electrons. The van der Waals surface area contributed by atoms with Gasteiger partial charge in [0, 0.05) is 6.42 Å². The lowest BCUT2D eigenvalue weighted by Gasteiger charge is -2.06. The van der Waals surface area contributed by atoms with Gasteiger partial charge < -0.3 is 9.84 Å². The van der Waals surface area contributed by atoms with Crippen molar-refractivity contribution < 1.29 is 14.6 Å². The first-order valence-electron chi connectivity index (χ1n) is 9.80. The third kappa shape index (κ3) is 19.0. The van der Waals surface area contributed by atoms with Crippen molar-refractivity contribution in [1.29, 1.82) is 0 Å². The zero-order chi connectivity index (χ0) is 17.9. The number of unbranched alkanes of at least 4 members (excludes halogenated alkanes) is 8. The average Bonchev–Trinajstić information content (AvgIpc) is 2.56. The van der Waals surface area contributed by atoms with Crippen molar-refractivity contribution in [3.8, 4) is 0 Å². The molecule has 0 radical (unpaired) electrons. The summed E-state index contributed by atoms with van der Waals surface area (Å²) >= 11 is 0. The molecular formula is C21H38O3. The Morgan fingerprint density at radius 1 is 0.917 bits per heavy atom. The summed E-state index contributed by atoms with van der Waals surface area (Å²) in [6.07, 6.45) is 22.0. The summed E-state index contributed by atoms with van der Waals surface area (Å²) in [7, 11) is 0. The van der Waals surface area contributed by atoms with Crippen molar-refractivity contribution in [2.45, 2.75) is 97.0 Å². The van der Waals surface area contributed by atoms with Crippen LogP contribution in [-0.2, 0) is 9.53 Å². The van der Waals surface area contributed by atoms with E-state index in [1.54, 1.807) is 6.92 Å². The van der Waals surface area contributed by atoms with E-state index in [1.165, 1.54) is 44.9 Å². The van der Waals surface area contributed by atoms with Crippen molar-refractivity contribution in [2.24, 2.45) is 0 Å². The Bertz CT molecular complexity index is 332. The van der Waals surface area contributed by atoms with E-state index in [1.807, 2.05) is 0 Å². The molecule has 0 saturated carbocycles. The van der Waals surface area contributed by atoms with Crippen LogP contribution in [0.2, 0.25) is 0 Å². The summed E-state index contributed by atoms with van der Waals surface area (Å²) in [6.45, 7) is 3.96. The first-order valence-corrected chi connectivity index (χ1v) is 9.80. The van der Waals surface area contributed by atoms with Gasteiger partial charge in [0.25, 0.3) is 0 Å². The second-order valence-electron chi connectivity index (χ2n) is 6.51. The molecule has 0 aliphatic carbocycles. The van der Waals surface area contributed by atoms with Gasteiger partial charge in [-0.15, -0.1) is 0 Å². The highest BCUT2D eigenvalue weighted by molar-refractivity contribution is 5.69. The van der Waals surface area contributed by atoms with Gasteiger partial charge in [0.1, 0.15) is 6.61 Å². The number of aliphatic hydroxyl groups is 1. The molecule has 0 fully saturated rings. The normalized spacial score (nSPS) is 13.0. The minimum absolute atomic E-state index is 0.110. The molecule has 1 unspecified atom stereocenters. The number of aliphatic hydroxyl groups excluding tert-OH is 1. The molecule has 3 nitrogen and oxygen atoms in total. The molecule has 0 saturated heterocycles. The van der Waals surface area contributed by atoms with Gasteiger partial charge in [-0.3, -0.25) is 4.79 Å². The van der Waals surface area contributed by atoms with Gasteiger partial charge in [0.05, 0.1) is 6.10 Å². The number of hydrogen-bond donors (Lipinski definition) is 1. The summed E-state index contributed by atoms with van der Waals surface area (Å²) in [5.41, 5.74) is 0. The predicted octanol–water partition coefficient (Wildman–Crippen LogP) is 5.72. The van der Waals surface area contributed by atoms with Gasteiger partial charge in [-0.25, -0.2) is 0 Å². The molecule has 0 aliphatic rings. The van der Waals surface area contributed by atoms with Crippen molar-refractivity contribution in [1.82, 2.24) is 0 Å². The van der Waals surface area contributed by atoms with Gasteiger partial charge in [-0.05, 0) is 45.4 Å². The monoisotopic (exact) mass is 338 g/mol. The Balaban J connectivity index is 3.27. The van der Waals surface area contributed by atoms with E-state index >= 15 is 0 Å². The lowest BCUT2D eigenvalue weighted by molar-refractivity contribution is -0.146. The van der Waals surface area contributed by atoms with Crippen molar-refractivity contribution in [3.63, 3.8) is 0 Å². The number of rotatable bonds is 16. The largest absolute Gasteiger partial charge is 0.463 e. The number of carbonyl (C=O) groups excluding carboxylic acids is 1. The van der Waals surface area contributed by atoms with E-state index in [4.69, 9.17) is 9.84 Å². The summed E-state index contributed by atoms with van der Waals surface area (Å²) in [5.74, 6) is -0.193. The van der Waals surface area contributed by atoms with Gasteiger partial charge in [0.15, 0.2) is 0 Å². The second kappa shape index (κ2) is 18.3. The highest BCUT2D eigenvalue weighted by Crippen LogP contribution is 2.08. The molecule has 0 aromatic heterocycles. The maximum absolute atomic E-state index is 11.3. The number of allylic oxidation sites excluding steroid dienone is 4. The van der Waals surface area contributed by atoms with E-state index in [2.05, 4.69) is 31.2 Å². The number of carbonyl (C=O) groups is 1. The molecule has 0 rings (SSSR count). The smallest absolute Gasteiger partial charge is 0.305 e. The summed E-state index contributed by atoms with van der Waals surface area (Å²) in [6, 6.07) is 0. The molecule has 0 aromatic carbocycles. The SMILES string of the molecule is CCCCCC=CCC=CCCCCCCCC(=O)OCC(C)O. The van der Waals surface area contributed by atoms with Crippen LogP contribution in [0, 0.1) is 0 Å². The van der Waals surface area contributed by atoms with Crippen molar-refractivity contribution >= 4 is 5.97 Å². The van der Waals surface area contributed by atoms with E-state index in [0.29, 0.717) is 6.42 Å². The first kappa shape index (κ1) is 22.9. The van der Waals surface area contributed by atoms with Gasteiger partial charge in [0.2, 0.25) is 0 Å². The molecule has 0 bridgehead atoms. The molecular weight excluding hydrogens is 300 g/mol. The third-order valence-electron chi connectivity index (χ3n) is 3.82. The van der Waals surface area contributed by atoms with Crippen LogP contribution in [0.5, 0.6) is 0 Å². The van der Waals surface area contributed by atoms with Crippen LogP contribution in [0.1, 0.15) is 90.9 Å². The lowest BCUT2D eigenvalue weighted by Crippen LogP contribution is -2.14. The fraction of sp³-hybridized carbons (Fsp3) is 0.762. The van der Waals surface area contributed by atoms with Crippen LogP contribution in [-0.4, -0.2) is 23.8 Å². The highest BCUT2D eigenvalue weighted by atomic mass is 16.5. The Labute approximate surface area is 149 Å². The number of esters is 1. The Hall–Kier alpha value is -1.09. The summed E-state index contributed by atoms with van der Waals surface area (Å²) < 4.78 is 4.92. The summed E-state index contributed by atoms with van der Waals surface area (Å²) in [4.78, 5) is 11.3. The van der Waals surface area contributed by atoms with Crippen LogP contribution in [0.25, 0.3) is 0 Å². The molecule has 1 N–H and O–H groups in total. The van der Waals surface area contributed by atoms with Crippen LogP contribution >= 0.6 is 0 Å². The molecule has 0 aliphatic heterocycles. The zero-order valence-corrected chi connectivity index (χ0v) is 15.8. The van der Waals surface area contributed by atoms with Crippen LogP contribution in [0.15, 0.2) is 24.3 Å². The maximum atomic E-state index is 11.3. The topological polar surface area (TPSA) is 46.5 Å². The molecule has 0 heterocycles. The van der Waals surface area contributed by atoms with Gasteiger partial charge >= 0.3 is 5.97 Å². The number of hydrogen-bond acceptors (Lipinski definition) is 3. The van der Waals surface area contributed by atoms with E-state index in [-0.39, 0.29) is 12.6 Å². The van der Waals surface area contributed by atoms with Crippen LogP contribution in [0.3, 0.4) is 0 Å². The first-order chi connectivity index (χ1) is 11.7. The van der Waals surface area contributed by atoms with Crippen LogP contribution in [0.4, 0.5) is 0 Å². The Kier molecular flexibility index (Phi) is 17.4. The van der Waals surface area contributed by atoms with Gasteiger partial charge in [-0.2, -0.15) is 0 Å². The summed E-state index contributed by atoms with van der Waals surface area (Å²) in [5, 5.41) is 9.02. The lowest BCUT2D eigenvalue weighted by atomic mass is 10.1. The van der Waals surface area contributed by atoms with E-state index < -0.39 is 6.10 Å².